The molecule has 12 heavy (non-hydrogen) atoms. The molecule has 0 rings (SSSR count). The van der Waals surface area contributed by atoms with Crippen LogP contribution < -0.4 is 5.73 Å². The van der Waals surface area contributed by atoms with E-state index in [0.29, 0.717) is 13.2 Å². The van der Waals surface area contributed by atoms with E-state index < -0.39 is 11.9 Å². The molecule has 0 aliphatic heterocycles. The van der Waals surface area contributed by atoms with Crippen molar-refractivity contribution >= 4 is 0 Å². The van der Waals surface area contributed by atoms with Crippen molar-refractivity contribution in [3.63, 3.8) is 0 Å². The maximum absolute atomic E-state index is 9.67. The van der Waals surface area contributed by atoms with Crippen LogP contribution in [0.2, 0.25) is 0 Å². The Labute approximate surface area is 73.7 Å². The molecule has 0 spiro atoms. The summed E-state index contributed by atoms with van der Waals surface area (Å²) < 4.78 is 10.4. The predicted octanol–water partition coefficient (Wildman–Crippen LogP) is 0.0952. The highest BCUT2D eigenvalue weighted by atomic mass is 16.7. The number of hydrogen-bond acceptors (Lipinski definition) is 4. The first-order valence-electron chi connectivity index (χ1n) is 4.24. The van der Waals surface area contributed by atoms with Crippen LogP contribution in [0.15, 0.2) is 0 Å². The molecular weight excluding hydrogens is 158 g/mol. The monoisotopic (exact) mass is 177 g/mol. The number of rotatable bonds is 6. The van der Waals surface area contributed by atoms with Crippen LogP contribution in [0.4, 0.5) is 0 Å². The second-order valence-electron chi connectivity index (χ2n) is 2.80. The van der Waals surface area contributed by atoms with Gasteiger partial charge < -0.3 is 20.3 Å². The quantitative estimate of drug-likeness (QED) is 0.565. The third-order valence-corrected chi connectivity index (χ3v) is 1.56. The summed E-state index contributed by atoms with van der Waals surface area (Å²) in [6, 6.07) is 0. The molecular formula is C8H19NO3. The van der Waals surface area contributed by atoms with Gasteiger partial charge in [0.15, 0.2) is 6.29 Å². The number of hydrogen-bond donors (Lipinski definition) is 2. The van der Waals surface area contributed by atoms with Crippen molar-refractivity contribution in [3.05, 3.63) is 0 Å². The summed E-state index contributed by atoms with van der Waals surface area (Å²) in [6.07, 6.45) is -0.627. The normalized spacial score (nSPS) is 16.5. The summed E-state index contributed by atoms with van der Waals surface area (Å²) in [4.78, 5) is 0. The number of nitrogens with two attached hydrogens (primary N) is 1. The van der Waals surface area contributed by atoms with E-state index in [1.807, 2.05) is 13.8 Å². The molecule has 0 aliphatic carbocycles. The molecule has 0 saturated heterocycles. The number of aliphatic hydroxyl groups is 1. The molecule has 4 heteroatoms. The van der Waals surface area contributed by atoms with E-state index in [9.17, 15) is 5.11 Å². The topological polar surface area (TPSA) is 64.7 Å². The molecule has 0 aliphatic rings. The Bertz CT molecular complexity index is 111. The average Bonchev–Trinajstić information content (AvgIpc) is 2.04. The maximum Gasteiger partial charge on any atom is 0.187 e. The first-order chi connectivity index (χ1) is 5.58. The van der Waals surface area contributed by atoms with E-state index in [1.54, 1.807) is 6.92 Å². The van der Waals surface area contributed by atoms with Gasteiger partial charge in [-0.15, -0.1) is 0 Å². The second kappa shape index (κ2) is 5.48. The van der Waals surface area contributed by atoms with Gasteiger partial charge in [-0.3, -0.25) is 0 Å². The lowest BCUT2D eigenvalue weighted by Crippen LogP contribution is -2.48. The van der Waals surface area contributed by atoms with E-state index in [1.165, 1.54) is 0 Å². The van der Waals surface area contributed by atoms with Crippen LogP contribution >= 0.6 is 0 Å². The van der Waals surface area contributed by atoms with Crippen LogP contribution in [0.3, 0.4) is 0 Å². The predicted molar refractivity (Wildman–Crippen MR) is 46.7 cm³/mol. The number of ether oxygens (including phenoxy) is 2. The summed E-state index contributed by atoms with van der Waals surface area (Å²) in [5.74, 6) is 0. The summed E-state index contributed by atoms with van der Waals surface area (Å²) in [7, 11) is 0. The van der Waals surface area contributed by atoms with Gasteiger partial charge in [-0.25, -0.2) is 0 Å². The van der Waals surface area contributed by atoms with E-state index >= 15 is 0 Å². The highest BCUT2D eigenvalue weighted by Crippen LogP contribution is 2.13. The van der Waals surface area contributed by atoms with Crippen LogP contribution in [0, 0.1) is 0 Å². The van der Waals surface area contributed by atoms with Crippen molar-refractivity contribution in [1.82, 2.24) is 0 Å². The standard InChI is InChI=1S/C8H19NO3/c1-4-11-7(12-5-2)8(3,10)6-9/h7,10H,4-6,9H2,1-3H3. The summed E-state index contributed by atoms with van der Waals surface area (Å²) in [5.41, 5.74) is 4.25. The largest absolute Gasteiger partial charge is 0.384 e. The van der Waals surface area contributed by atoms with Crippen molar-refractivity contribution in [2.24, 2.45) is 5.73 Å². The second-order valence-corrected chi connectivity index (χ2v) is 2.80. The van der Waals surface area contributed by atoms with E-state index in [4.69, 9.17) is 15.2 Å². The van der Waals surface area contributed by atoms with E-state index in [2.05, 4.69) is 0 Å². The van der Waals surface area contributed by atoms with Gasteiger partial charge >= 0.3 is 0 Å². The molecule has 0 saturated carbocycles. The lowest BCUT2D eigenvalue weighted by Gasteiger charge is -2.30. The zero-order valence-electron chi connectivity index (χ0n) is 8.04. The van der Waals surface area contributed by atoms with Crippen LogP contribution in [0.5, 0.6) is 0 Å². The van der Waals surface area contributed by atoms with E-state index in [-0.39, 0.29) is 6.54 Å². The smallest absolute Gasteiger partial charge is 0.187 e. The molecule has 0 radical (unpaired) electrons. The van der Waals surface area contributed by atoms with Crippen molar-refractivity contribution in [2.75, 3.05) is 19.8 Å². The SMILES string of the molecule is CCOC(OCC)C(C)(O)CN. The van der Waals surface area contributed by atoms with Crippen LogP contribution in [-0.2, 0) is 9.47 Å². The Hall–Kier alpha value is -0.160. The molecule has 0 aromatic heterocycles. The van der Waals surface area contributed by atoms with Gasteiger partial charge in [-0.2, -0.15) is 0 Å². The first-order valence-corrected chi connectivity index (χ1v) is 4.24. The molecule has 1 unspecified atom stereocenters. The van der Waals surface area contributed by atoms with Crippen molar-refractivity contribution in [3.8, 4) is 0 Å². The van der Waals surface area contributed by atoms with Gasteiger partial charge in [0, 0.05) is 19.8 Å². The van der Waals surface area contributed by atoms with Crippen molar-refractivity contribution in [2.45, 2.75) is 32.7 Å². The van der Waals surface area contributed by atoms with Crippen LogP contribution in [-0.4, -0.2) is 36.8 Å². The van der Waals surface area contributed by atoms with Crippen LogP contribution in [0.1, 0.15) is 20.8 Å². The highest BCUT2D eigenvalue weighted by molar-refractivity contribution is 4.77. The molecule has 0 heterocycles. The van der Waals surface area contributed by atoms with Gasteiger partial charge in [0.2, 0.25) is 0 Å². The van der Waals surface area contributed by atoms with Crippen LogP contribution in [0.25, 0.3) is 0 Å². The Morgan fingerprint density at radius 3 is 2.00 bits per heavy atom. The summed E-state index contributed by atoms with van der Waals surface area (Å²) in [6.45, 7) is 6.42. The zero-order valence-corrected chi connectivity index (χ0v) is 8.04. The minimum atomic E-state index is -1.11. The summed E-state index contributed by atoms with van der Waals surface area (Å²) >= 11 is 0. The fraction of sp³-hybridized carbons (Fsp3) is 1.00. The highest BCUT2D eigenvalue weighted by Gasteiger charge is 2.31. The van der Waals surface area contributed by atoms with Gasteiger partial charge in [-0.1, -0.05) is 0 Å². The lowest BCUT2D eigenvalue weighted by molar-refractivity contribution is -0.225. The fourth-order valence-electron chi connectivity index (χ4n) is 0.806. The molecule has 3 N–H and O–H groups in total. The Kier molecular flexibility index (Phi) is 5.41. The Morgan fingerprint density at radius 2 is 1.75 bits per heavy atom. The minimum absolute atomic E-state index is 0.123. The fourth-order valence-corrected chi connectivity index (χ4v) is 0.806. The van der Waals surface area contributed by atoms with E-state index in [0.717, 1.165) is 0 Å². The molecule has 74 valence electrons. The average molecular weight is 177 g/mol. The summed E-state index contributed by atoms with van der Waals surface area (Å²) in [5, 5.41) is 9.67. The zero-order chi connectivity index (χ0) is 9.61. The third-order valence-electron chi connectivity index (χ3n) is 1.56. The minimum Gasteiger partial charge on any atom is -0.384 e. The third kappa shape index (κ3) is 3.49. The molecule has 4 nitrogen and oxygen atoms in total. The molecule has 0 aromatic carbocycles. The Balaban J connectivity index is 4.07. The Morgan fingerprint density at radius 1 is 1.33 bits per heavy atom. The molecule has 0 aromatic rings. The molecule has 0 bridgehead atoms. The molecule has 0 amide bonds. The molecule has 1 atom stereocenters. The maximum atomic E-state index is 9.67. The van der Waals surface area contributed by atoms with Gasteiger partial charge in [0.1, 0.15) is 5.60 Å². The lowest BCUT2D eigenvalue weighted by atomic mass is 10.1. The van der Waals surface area contributed by atoms with Gasteiger partial charge in [0.05, 0.1) is 0 Å². The first kappa shape index (κ1) is 11.8. The van der Waals surface area contributed by atoms with Crippen molar-refractivity contribution in [1.29, 1.82) is 0 Å². The van der Waals surface area contributed by atoms with Gasteiger partial charge in [0.25, 0.3) is 0 Å². The molecule has 0 fully saturated rings. The van der Waals surface area contributed by atoms with Gasteiger partial charge in [-0.05, 0) is 20.8 Å². The van der Waals surface area contributed by atoms with Crippen molar-refractivity contribution < 1.29 is 14.6 Å².